The van der Waals surface area contributed by atoms with Gasteiger partial charge < -0.3 is 10.1 Å². The summed E-state index contributed by atoms with van der Waals surface area (Å²) in [6.07, 6.45) is 5.58. The van der Waals surface area contributed by atoms with Crippen LogP contribution in [0.15, 0.2) is 24.3 Å². The molecule has 0 bridgehead atoms. The molecule has 0 saturated heterocycles. The van der Waals surface area contributed by atoms with E-state index in [0.717, 1.165) is 24.3 Å². The Hall–Kier alpha value is -1.02. The Labute approximate surface area is 104 Å². The largest absolute Gasteiger partial charge is 0.496 e. The van der Waals surface area contributed by atoms with E-state index in [0.29, 0.717) is 0 Å². The molecule has 1 aliphatic rings. The molecule has 94 valence electrons. The van der Waals surface area contributed by atoms with Crippen molar-refractivity contribution in [3.63, 3.8) is 0 Å². The number of methoxy groups -OCH3 is 1. The molecule has 0 unspecified atom stereocenters. The van der Waals surface area contributed by atoms with Crippen molar-refractivity contribution < 1.29 is 10.1 Å². The Kier molecular flexibility index (Phi) is 4.43. The zero-order valence-electron chi connectivity index (χ0n) is 11.0. The Balaban J connectivity index is 1.92. The fourth-order valence-corrected chi connectivity index (χ4v) is 2.85. The van der Waals surface area contributed by atoms with Crippen molar-refractivity contribution in [2.24, 2.45) is 5.92 Å². The van der Waals surface area contributed by atoms with Gasteiger partial charge in [0.15, 0.2) is 0 Å². The smallest absolute Gasteiger partial charge is 0.127 e. The number of quaternary nitrogens is 1. The molecule has 1 saturated carbocycles. The van der Waals surface area contributed by atoms with E-state index in [9.17, 15) is 0 Å². The average molecular weight is 234 g/mol. The zero-order chi connectivity index (χ0) is 12.1. The van der Waals surface area contributed by atoms with Gasteiger partial charge in [-0.3, -0.25) is 0 Å². The van der Waals surface area contributed by atoms with Crippen LogP contribution in [0.5, 0.6) is 5.75 Å². The maximum absolute atomic E-state index is 5.39. The molecule has 0 radical (unpaired) electrons. The number of hydrogen-bond acceptors (Lipinski definition) is 1. The molecule has 1 aliphatic carbocycles. The van der Waals surface area contributed by atoms with E-state index in [1.807, 2.05) is 12.1 Å². The van der Waals surface area contributed by atoms with Gasteiger partial charge in [-0.1, -0.05) is 25.5 Å². The van der Waals surface area contributed by atoms with E-state index in [1.165, 1.54) is 31.2 Å². The van der Waals surface area contributed by atoms with Crippen LogP contribution < -0.4 is 10.1 Å². The van der Waals surface area contributed by atoms with Gasteiger partial charge in [0.2, 0.25) is 0 Å². The normalized spacial score (nSPS) is 24.6. The molecule has 2 heteroatoms. The van der Waals surface area contributed by atoms with Crippen molar-refractivity contribution in [3.05, 3.63) is 29.8 Å². The van der Waals surface area contributed by atoms with Crippen molar-refractivity contribution >= 4 is 0 Å². The zero-order valence-corrected chi connectivity index (χ0v) is 11.0. The molecule has 2 rings (SSSR count). The van der Waals surface area contributed by atoms with Gasteiger partial charge in [0.25, 0.3) is 0 Å². The molecule has 1 fully saturated rings. The predicted molar refractivity (Wildman–Crippen MR) is 70.0 cm³/mol. The minimum Gasteiger partial charge on any atom is -0.496 e. The molecule has 1 aromatic rings. The summed E-state index contributed by atoms with van der Waals surface area (Å²) in [5.41, 5.74) is 1.31. The van der Waals surface area contributed by atoms with Crippen LogP contribution >= 0.6 is 0 Å². The second kappa shape index (κ2) is 6.06. The second-order valence-electron chi connectivity index (χ2n) is 5.18. The van der Waals surface area contributed by atoms with E-state index in [1.54, 1.807) is 7.11 Å². The number of rotatable bonds is 4. The van der Waals surface area contributed by atoms with Crippen LogP contribution in [-0.4, -0.2) is 13.2 Å². The molecule has 0 heterocycles. The third kappa shape index (κ3) is 3.22. The second-order valence-corrected chi connectivity index (χ2v) is 5.18. The van der Waals surface area contributed by atoms with Gasteiger partial charge in [0, 0.05) is 11.5 Å². The SMILES string of the molecule is COc1ccccc1C[NH2+][C@H]1CCCC[C@H]1C. The number of benzene rings is 1. The lowest BCUT2D eigenvalue weighted by Crippen LogP contribution is -2.90. The van der Waals surface area contributed by atoms with Crippen LogP contribution in [0, 0.1) is 5.92 Å². The van der Waals surface area contributed by atoms with Crippen molar-refractivity contribution in [2.45, 2.75) is 45.2 Å². The third-order valence-corrected chi connectivity index (χ3v) is 4.01. The Morgan fingerprint density at radius 2 is 2.00 bits per heavy atom. The quantitative estimate of drug-likeness (QED) is 0.850. The van der Waals surface area contributed by atoms with Gasteiger partial charge in [0.05, 0.1) is 13.2 Å². The number of para-hydroxylation sites is 1. The highest BCUT2D eigenvalue weighted by molar-refractivity contribution is 5.32. The first kappa shape index (κ1) is 12.4. The summed E-state index contributed by atoms with van der Waals surface area (Å²) in [6, 6.07) is 9.14. The van der Waals surface area contributed by atoms with E-state index in [2.05, 4.69) is 24.4 Å². The van der Waals surface area contributed by atoms with E-state index in [4.69, 9.17) is 4.74 Å². The third-order valence-electron chi connectivity index (χ3n) is 4.01. The lowest BCUT2D eigenvalue weighted by Gasteiger charge is -2.26. The van der Waals surface area contributed by atoms with Crippen molar-refractivity contribution in [1.29, 1.82) is 0 Å². The average Bonchev–Trinajstić information content (AvgIpc) is 2.38. The van der Waals surface area contributed by atoms with Gasteiger partial charge in [-0.2, -0.15) is 0 Å². The van der Waals surface area contributed by atoms with Crippen LogP contribution in [0.25, 0.3) is 0 Å². The molecule has 17 heavy (non-hydrogen) atoms. The summed E-state index contributed by atoms with van der Waals surface area (Å²) in [6.45, 7) is 3.43. The fourth-order valence-electron chi connectivity index (χ4n) is 2.85. The standard InChI is InChI=1S/C15H23NO/c1-12-7-3-5-9-14(12)16-11-13-8-4-6-10-15(13)17-2/h4,6,8,10,12,14,16H,3,5,7,9,11H2,1-2H3/p+1/t12-,14+/m1/s1. The Morgan fingerprint density at radius 3 is 2.76 bits per heavy atom. The highest BCUT2D eigenvalue weighted by Gasteiger charge is 2.24. The lowest BCUT2D eigenvalue weighted by atomic mass is 9.86. The van der Waals surface area contributed by atoms with Crippen LogP contribution in [0.1, 0.15) is 38.2 Å². The van der Waals surface area contributed by atoms with Crippen LogP contribution in [0.4, 0.5) is 0 Å². The van der Waals surface area contributed by atoms with Crippen LogP contribution in [0.3, 0.4) is 0 Å². The predicted octanol–water partition coefficient (Wildman–Crippen LogP) is 2.34. The first-order valence-electron chi connectivity index (χ1n) is 6.76. The molecule has 2 atom stereocenters. The monoisotopic (exact) mass is 234 g/mol. The van der Waals surface area contributed by atoms with Gasteiger partial charge in [-0.05, 0) is 31.4 Å². The molecule has 1 aromatic carbocycles. The molecule has 0 spiro atoms. The lowest BCUT2D eigenvalue weighted by molar-refractivity contribution is -0.712. The minimum absolute atomic E-state index is 0.800. The van der Waals surface area contributed by atoms with Gasteiger partial charge in [-0.25, -0.2) is 0 Å². The van der Waals surface area contributed by atoms with Gasteiger partial charge in [-0.15, -0.1) is 0 Å². The van der Waals surface area contributed by atoms with E-state index < -0.39 is 0 Å². The van der Waals surface area contributed by atoms with Crippen LogP contribution in [-0.2, 0) is 6.54 Å². The molecular formula is C15H24NO+. The number of nitrogens with two attached hydrogens (primary N) is 1. The van der Waals surface area contributed by atoms with Crippen molar-refractivity contribution in [1.82, 2.24) is 0 Å². The minimum atomic E-state index is 0.800. The Bertz CT molecular complexity index is 351. The summed E-state index contributed by atoms with van der Waals surface area (Å²) < 4.78 is 5.39. The summed E-state index contributed by atoms with van der Waals surface area (Å²) in [4.78, 5) is 0. The first-order valence-corrected chi connectivity index (χ1v) is 6.76. The van der Waals surface area contributed by atoms with Crippen molar-refractivity contribution in [3.8, 4) is 5.75 Å². The fraction of sp³-hybridized carbons (Fsp3) is 0.600. The Morgan fingerprint density at radius 1 is 1.24 bits per heavy atom. The number of ether oxygens (including phenoxy) is 1. The molecule has 0 aliphatic heterocycles. The summed E-state index contributed by atoms with van der Waals surface area (Å²) >= 11 is 0. The number of hydrogen-bond donors (Lipinski definition) is 1. The maximum Gasteiger partial charge on any atom is 0.127 e. The summed E-state index contributed by atoms with van der Waals surface area (Å²) in [5, 5.41) is 2.50. The topological polar surface area (TPSA) is 25.8 Å². The maximum atomic E-state index is 5.39. The highest BCUT2D eigenvalue weighted by Crippen LogP contribution is 2.22. The molecule has 2 nitrogen and oxygen atoms in total. The summed E-state index contributed by atoms with van der Waals surface area (Å²) in [5.74, 6) is 1.88. The van der Waals surface area contributed by atoms with Crippen LogP contribution in [0.2, 0.25) is 0 Å². The summed E-state index contributed by atoms with van der Waals surface area (Å²) in [7, 11) is 1.75. The first-order chi connectivity index (χ1) is 8.31. The van der Waals surface area contributed by atoms with E-state index >= 15 is 0 Å². The van der Waals surface area contributed by atoms with E-state index in [-0.39, 0.29) is 0 Å². The van der Waals surface area contributed by atoms with Crippen molar-refractivity contribution in [2.75, 3.05) is 7.11 Å². The molecular weight excluding hydrogens is 210 g/mol. The molecule has 0 aromatic heterocycles. The van der Waals surface area contributed by atoms with Gasteiger partial charge in [0.1, 0.15) is 12.3 Å². The van der Waals surface area contributed by atoms with Gasteiger partial charge >= 0.3 is 0 Å². The molecule has 2 N–H and O–H groups in total. The highest BCUT2D eigenvalue weighted by atomic mass is 16.5. The molecule has 0 amide bonds.